The van der Waals surface area contributed by atoms with Gasteiger partial charge in [0.2, 0.25) is 0 Å². The molecule has 0 spiro atoms. The summed E-state index contributed by atoms with van der Waals surface area (Å²) in [5.74, 6) is 0.651. The Morgan fingerprint density at radius 3 is 2.25 bits per heavy atom. The number of nitrogens with two attached hydrogens (primary N) is 2. The van der Waals surface area contributed by atoms with Crippen LogP contribution in [0.3, 0.4) is 0 Å². The van der Waals surface area contributed by atoms with Gasteiger partial charge in [0.05, 0.1) is 6.04 Å². The van der Waals surface area contributed by atoms with E-state index in [1.807, 2.05) is 0 Å². The van der Waals surface area contributed by atoms with Crippen LogP contribution in [-0.2, 0) is 0 Å². The molecule has 0 aromatic carbocycles. The van der Waals surface area contributed by atoms with Crippen LogP contribution in [0, 0.1) is 5.92 Å². The summed E-state index contributed by atoms with van der Waals surface area (Å²) in [7, 11) is 0. The third kappa shape index (κ3) is 2.70. The number of aliphatic imine (C=N–C) groups is 1. The van der Waals surface area contributed by atoms with Crippen LogP contribution >= 0.6 is 0 Å². The van der Waals surface area contributed by atoms with Gasteiger partial charge in [-0.15, -0.1) is 0 Å². The first-order chi connectivity index (χ1) is 5.72. The van der Waals surface area contributed by atoms with E-state index in [0.29, 0.717) is 12.5 Å². The molecular weight excluding hydrogens is 154 g/mol. The monoisotopic (exact) mass is 171 g/mol. The lowest BCUT2D eigenvalue weighted by molar-refractivity contribution is 0.183. The Morgan fingerprint density at radius 1 is 1.25 bits per heavy atom. The van der Waals surface area contributed by atoms with Crippen molar-refractivity contribution >= 4 is 5.96 Å². The van der Waals surface area contributed by atoms with E-state index >= 15 is 0 Å². The summed E-state index contributed by atoms with van der Waals surface area (Å²) in [6, 6.07) is 0.290. The van der Waals surface area contributed by atoms with Crippen LogP contribution in [0.5, 0.6) is 0 Å². The van der Waals surface area contributed by atoms with E-state index in [9.17, 15) is 0 Å². The van der Waals surface area contributed by atoms with Crippen LogP contribution in [0.2, 0.25) is 0 Å². The van der Waals surface area contributed by atoms with Gasteiger partial charge in [-0.1, -0.05) is 0 Å². The van der Waals surface area contributed by atoms with Crippen LogP contribution in [0.15, 0.2) is 4.99 Å². The number of guanidine groups is 1. The number of aliphatic hydroxyl groups is 1. The molecule has 70 valence electrons. The van der Waals surface area contributed by atoms with Crippen molar-refractivity contribution in [3.63, 3.8) is 0 Å². The molecule has 0 aromatic rings. The lowest BCUT2D eigenvalue weighted by Crippen LogP contribution is -2.28. The van der Waals surface area contributed by atoms with E-state index in [0.717, 1.165) is 25.7 Å². The first-order valence-electron chi connectivity index (χ1n) is 4.42. The van der Waals surface area contributed by atoms with E-state index in [4.69, 9.17) is 16.6 Å². The minimum Gasteiger partial charge on any atom is -0.396 e. The smallest absolute Gasteiger partial charge is 0.186 e. The maximum absolute atomic E-state index is 8.87. The molecule has 4 nitrogen and oxygen atoms in total. The van der Waals surface area contributed by atoms with Crippen molar-refractivity contribution < 1.29 is 5.11 Å². The first kappa shape index (κ1) is 9.32. The van der Waals surface area contributed by atoms with Crippen molar-refractivity contribution in [2.45, 2.75) is 31.7 Å². The zero-order valence-corrected chi connectivity index (χ0v) is 7.24. The highest BCUT2D eigenvalue weighted by Gasteiger charge is 2.19. The van der Waals surface area contributed by atoms with Crippen molar-refractivity contribution in [2.24, 2.45) is 22.4 Å². The zero-order valence-electron chi connectivity index (χ0n) is 7.24. The molecule has 0 amide bonds. The lowest BCUT2D eigenvalue weighted by Gasteiger charge is -2.24. The molecule has 4 heteroatoms. The van der Waals surface area contributed by atoms with Gasteiger partial charge in [-0.25, -0.2) is 0 Å². The van der Waals surface area contributed by atoms with Crippen molar-refractivity contribution in [3.8, 4) is 0 Å². The molecule has 5 N–H and O–H groups in total. The van der Waals surface area contributed by atoms with Crippen molar-refractivity contribution in [1.82, 2.24) is 0 Å². The fraction of sp³-hybridized carbons (Fsp3) is 0.875. The minimum atomic E-state index is 0.183. The van der Waals surface area contributed by atoms with Crippen LogP contribution < -0.4 is 11.5 Å². The Morgan fingerprint density at radius 2 is 1.83 bits per heavy atom. The van der Waals surface area contributed by atoms with Crippen LogP contribution in [0.1, 0.15) is 25.7 Å². The number of aliphatic hydroxyl groups excluding tert-OH is 1. The molecule has 1 aliphatic rings. The van der Waals surface area contributed by atoms with Crippen molar-refractivity contribution in [2.75, 3.05) is 6.61 Å². The van der Waals surface area contributed by atoms with Crippen molar-refractivity contribution in [1.29, 1.82) is 0 Å². The molecule has 0 aliphatic heterocycles. The van der Waals surface area contributed by atoms with E-state index < -0.39 is 0 Å². The van der Waals surface area contributed by atoms with Crippen LogP contribution in [0.4, 0.5) is 0 Å². The Balaban J connectivity index is 2.31. The lowest BCUT2D eigenvalue weighted by atomic mass is 9.87. The molecule has 1 aliphatic carbocycles. The van der Waals surface area contributed by atoms with Gasteiger partial charge in [0, 0.05) is 6.61 Å². The Bertz CT molecular complexity index is 158. The highest BCUT2D eigenvalue weighted by molar-refractivity contribution is 5.75. The minimum absolute atomic E-state index is 0.183. The normalized spacial score (nSPS) is 29.8. The third-order valence-corrected chi connectivity index (χ3v) is 2.41. The van der Waals surface area contributed by atoms with Gasteiger partial charge in [0.1, 0.15) is 0 Å². The predicted molar refractivity (Wildman–Crippen MR) is 48.6 cm³/mol. The Kier molecular flexibility index (Phi) is 3.34. The maximum atomic E-state index is 8.87. The molecule has 0 saturated heterocycles. The highest BCUT2D eigenvalue weighted by atomic mass is 16.3. The van der Waals surface area contributed by atoms with E-state index in [1.54, 1.807) is 0 Å². The molecule has 0 bridgehead atoms. The number of hydrogen-bond acceptors (Lipinski definition) is 2. The summed E-state index contributed by atoms with van der Waals surface area (Å²) in [5, 5.41) is 8.87. The zero-order chi connectivity index (χ0) is 8.97. The van der Waals surface area contributed by atoms with E-state index in [2.05, 4.69) is 4.99 Å². The molecule has 1 rings (SSSR count). The molecular formula is C8H17N3O. The molecule has 1 fully saturated rings. The SMILES string of the molecule is NC(N)=NC1CCC(CO)CC1. The Labute approximate surface area is 72.7 Å². The predicted octanol–water partition coefficient (Wildman–Crippen LogP) is -0.189. The largest absolute Gasteiger partial charge is 0.396 e. The second-order valence-corrected chi connectivity index (χ2v) is 3.41. The van der Waals surface area contributed by atoms with E-state index in [1.165, 1.54) is 0 Å². The van der Waals surface area contributed by atoms with Crippen LogP contribution in [0.25, 0.3) is 0 Å². The van der Waals surface area contributed by atoms with E-state index in [-0.39, 0.29) is 12.0 Å². The fourth-order valence-electron chi connectivity index (χ4n) is 1.67. The topological polar surface area (TPSA) is 84.6 Å². The van der Waals surface area contributed by atoms with Gasteiger partial charge in [0.25, 0.3) is 0 Å². The van der Waals surface area contributed by atoms with Gasteiger partial charge in [-0.2, -0.15) is 0 Å². The second kappa shape index (κ2) is 4.30. The summed E-state index contributed by atoms with van der Waals surface area (Å²) in [4.78, 5) is 4.10. The van der Waals surface area contributed by atoms with Gasteiger partial charge in [-0.3, -0.25) is 4.99 Å². The number of rotatable bonds is 2. The van der Waals surface area contributed by atoms with Gasteiger partial charge in [-0.05, 0) is 31.6 Å². The average molecular weight is 171 g/mol. The molecule has 0 unspecified atom stereocenters. The average Bonchev–Trinajstić information content (AvgIpc) is 2.05. The second-order valence-electron chi connectivity index (χ2n) is 3.41. The van der Waals surface area contributed by atoms with Crippen LogP contribution in [-0.4, -0.2) is 23.7 Å². The summed E-state index contributed by atoms with van der Waals surface area (Å²) in [6.07, 6.45) is 4.09. The standard InChI is InChI=1S/C8H17N3O/c9-8(10)11-7-3-1-6(5-12)2-4-7/h6-7,12H,1-5H2,(H4,9,10,11). The number of hydrogen-bond donors (Lipinski definition) is 3. The molecule has 0 aromatic heterocycles. The number of nitrogens with zero attached hydrogens (tertiary/aromatic N) is 1. The van der Waals surface area contributed by atoms with Gasteiger partial charge in [0.15, 0.2) is 5.96 Å². The fourth-order valence-corrected chi connectivity index (χ4v) is 1.67. The summed E-state index contributed by atoms with van der Waals surface area (Å²) in [5.41, 5.74) is 10.5. The molecule has 0 atom stereocenters. The summed E-state index contributed by atoms with van der Waals surface area (Å²) >= 11 is 0. The molecule has 12 heavy (non-hydrogen) atoms. The molecule has 0 radical (unpaired) electrons. The van der Waals surface area contributed by atoms with Crippen molar-refractivity contribution in [3.05, 3.63) is 0 Å². The molecule has 0 heterocycles. The third-order valence-electron chi connectivity index (χ3n) is 2.41. The highest BCUT2D eigenvalue weighted by Crippen LogP contribution is 2.25. The first-order valence-corrected chi connectivity index (χ1v) is 4.42. The Hall–Kier alpha value is -0.770. The van der Waals surface area contributed by atoms with Gasteiger partial charge >= 0.3 is 0 Å². The van der Waals surface area contributed by atoms with Gasteiger partial charge < -0.3 is 16.6 Å². The quantitative estimate of drug-likeness (QED) is 0.397. The molecule has 1 saturated carbocycles. The summed E-state index contributed by atoms with van der Waals surface area (Å²) in [6.45, 7) is 0.300. The maximum Gasteiger partial charge on any atom is 0.186 e. The summed E-state index contributed by atoms with van der Waals surface area (Å²) < 4.78 is 0.